The van der Waals surface area contributed by atoms with E-state index in [9.17, 15) is 13.2 Å². The zero-order valence-electron chi connectivity index (χ0n) is 10.7. The Kier molecular flexibility index (Phi) is 6.68. The summed E-state index contributed by atoms with van der Waals surface area (Å²) in [6.45, 7) is -0.546. The maximum atomic E-state index is 11.9. The fourth-order valence-electron chi connectivity index (χ4n) is 1.20. The van der Waals surface area contributed by atoms with E-state index < -0.39 is 12.8 Å². The molecule has 1 aromatic heterocycles. The Balaban J connectivity index is 2.30. The molecule has 0 saturated heterocycles. The summed E-state index contributed by atoms with van der Waals surface area (Å²) in [5, 5.41) is 9.92. The van der Waals surface area contributed by atoms with Gasteiger partial charge in [-0.2, -0.15) is 18.3 Å². The first-order valence-corrected chi connectivity index (χ1v) is 6.02. The Morgan fingerprint density at radius 3 is 2.90 bits per heavy atom. The number of nitrogens with zero attached hydrogens (tertiary/aromatic N) is 2. The van der Waals surface area contributed by atoms with E-state index in [4.69, 9.17) is 17.0 Å². The van der Waals surface area contributed by atoms with E-state index in [0.717, 1.165) is 0 Å². The maximum Gasteiger partial charge on any atom is 0.411 e. The number of anilines is 1. The van der Waals surface area contributed by atoms with E-state index in [1.165, 1.54) is 17.1 Å². The largest absolute Gasteiger partial charge is 0.411 e. The van der Waals surface area contributed by atoms with Crippen molar-refractivity contribution in [3.05, 3.63) is 12.4 Å². The molecule has 6 nitrogen and oxygen atoms in total. The molecule has 1 rings (SSSR count). The lowest BCUT2D eigenvalue weighted by atomic mass is 10.6. The van der Waals surface area contributed by atoms with Crippen molar-refractivity contribution in [3.8, 4) is 0 Å². The van der Waals surface area contributed by atoms with Crippen LogP contribution in [0.4, 0.5) is 18.9 Å². The van der Waals surface area contributed by atoms with Gasteiger partial charge in [-0.3, -0.25) is 0 Å². The van der Waals surface area contributed by atoms with Gasteiger partial charge >= 0.3 is 6.18 Å². The highest BCUT2D eigenvalue weighted by Gasteiger charge is 2.27. The van der Waals surface area contributed by atoms with Gasteiger partial charge in [0.2, 0.25) is 0 Å². The molecule has 2 N–H and O–H groups in total. The van der Waals surface area contributed by atoms with E-state index >= 15 is 0 Å². The Hall–Kier alpha value is -1.39. The summed E-state index contributed by atoms with van der Waals surface area (Å²) in [5.41, 5.74) is 0.551. The minimum Gasteiger partial charge on any atom is -0.383 e. The van der Waals surface area contributed by atoms with Gasteiger partial charge in [0.25, 0.3) is 0 Å². The Morgan fingerprint density at radius 2 is 2.25 bits per heavy atom. The van der Waals surface area contributed by atoms with Gasteiger partial charge in [-0.05, 0) is 12.2 Å². The van der Waals surface area contributed by atoms with E-state index in [1.807, 2.05) is 0 Å². The van der Waals surface area contributed by atoms with E-state index in [2.05, 4.69) is 20.5 Å². The molecule has 0 fully saturated rings. The van der Waals surface area contributed by atoms with Gasteiger partial charge in [0, 0.05) is 13.7 Å². The molecule has 0 atom stereocenters. The second-order valence-electron chi connectivity index (χ2n) is 3.73. The SMILES string of the molecule is COCCNC(=S)Nc1cnn(COCC(F)(F)F)c1. The molecule has 0 aromatic carbocycles. The Morgan fingerprint density at radius 1 is 1.50 bits per heavy atom. The number of hydrogen-bond donors (Lipinski definition) is 2. The second kappa shape index (κ2) is 8.02. The lowest BCUT2D eigenvalue weighted by molar-refractivity contribution is -0.182. The average Bonchev–Trinajstić information content (AvgIpc) is 2.75. The Labute approximate surface area is 119 Å². The lowest BCUT2D eigenvalue weighted by Gasteiger charge is -2.08. The first-order valence-electron chi connectivity index (χ1n) is 5.61. The van der Waals surface area contributed by atoms with Crippen molar-refractivity contribution < 1.29 is 22.6 Å². The molecule has 1 aromatic rings. The number of nitrogens with one attached hydrogen (secondary N) is 2. The molecule has 0 spiro atoms. The number of halogens is 3. The topological polar surface area (TPSA) is 60.3 Å². The molecule has 114 valence electrons. The lowest BCUT2D eigenvalue weighted by Crippen LogP contribution is -2.30. The smallest absolute Gasteiger partial charge is 0.383 e. The normalized spacial score (nSPS) is 11.4. The van der Waals surface area contributed by atoms with Gasteiger partial charge in [0.05, 0.1) is 24.7 Å². The van der Waals surface area contributed by atoms with Crippen LogP contribution in [0, 0.1) is 0 Å². The predicted molar refractivity (Wildman–Crippen MR) is 70.3 cm³/mol. The van der Waals surface area contributed by atoms with Crippen molar-refractivity contribution >= 4 is 23.0 Å². The highest BCUT2D eigenvalue weighted by atomic mass is 32.1. The summed E-state index contributed by atoms with van der Waals surface area (Å²) in [6, 6.07) is 0. The van der Waals surface area contributed by atoms with Crippen LogP contribution in [0.3, 0.4) is 0 Å². The summed E-state index contributed by atoms with van der Waals surface area (Å²) in [7, 11) is 1.57. The molecular formula is C10H15F3N4O2S. The van der Waals surface area contributed by atoms with Crippen molar-refractivity contribution in [1.82, 2.24) is 15.1 Å². The molecule has 0 amide bonds. The van der Waals surface area contributed by atoms with Crippen molar-refractivity contribution in [1.29, 1.82) is 0 Å². The van der Waals surface area contributed by atoms with Gasteiger partial charge in [0.15, 0.2) is 5.11 Å². The van der Waals surface area contributed by atoms with E-state index in [1.54, 1.807) is 7.11 Å². The zero-order valence-corrected chi connectivity index (χ0v) is 11.6. The number of ether oxygens (including phenoxy) is 2. The molecule has 0 aliphatic carbocycles. The van der Waals surface area contributed by atoms with E-state index in [-0.39, 0.29) is 6.73 Å². The predicted octanol–water partition coefficient (Wildman–Crippen LogP) is 1.35. The van der Waals surface area contributed by atoms with Crippen LogP contribution in [0.25, 0.3) is 0 Å². The number of hydrogen-bond acceptors (Lipinski definition) is 4. The molecule has 0 aliphatic rings. The fourth-order valence-corrected chi connectivity index (χ4v) is 1.42. The molecule has 0 saturated carbocycles. The Bertz CT molecular complexity index is 425. The molecule has 0 aliphatic heterocycles. The number of alkyl halides is 3. The van der Waals surface area contributed by atoms with Crippen molar-refractivity contribution in [2.24, 2.45) is 0 Å². The number of rotatable bonds is 7. The summed E-state index contributed by atoms with van der Waals surface area (Å²) >= 11 is 5.00. The van der Waals surface area contributed by atoms with Crippen LogP contribution in [0.1, 0.15) is 0 Å². The molecular weight excluding hydrogens is 297 g/mol. The molecule has 20 heavy (non-hydrogen) atoms. The number of thiocarbonyl (C=S) groups is 1. The molecule has 0 unspecified atom stereocenters. The third-order valence-corrected chi connectivity index (χ3v) is 2.22. The zero-order chi connectivity index (χ0) is 15.0. The molecule has 10 heteroatoms. The van der Waals surface area contributed by atoms with Crippen LogP contribution in [0.2, 0.25) is 0 Å². The van der Waals surface area contributed by atoms with Gasteiger partial charge in [-0.1, -0.05) is 0 Å². The summed E-state index contributed by atoms with van der Waals surface area (Å²) in [6.07, 6.45) is -1.43. The quantitative estimate of drug-likeness (QED) is 0.585. The maximum absolute atomic E-state index is 11.9. The standard InChI is InChI=1S/C10H15F3N4O2S/c1-18-3-2-14-9(20)16-8-4-15-17(5-8)7-19-6-10(11,12)13/h4-5H,2-3,6-7H2,1H3,(H2,14,16,20). The first kappa shape index (κ1) is 16.7. The summed E-state index contributed by atoms with van der Waals surface area (Å²) in [4.78, 5) is 0. The van der Waals surface area contributed by atoms with Crippen LogP contribution in [-0.2, 0) is 16.2 Å². The third kappa shape index (κ3) is 7.26. The van der Waals surface area contributed by atoms with Crippen LogP contribution in [0.15, 0.2) is 12.4 Å². The van der Waals surface area contributed by atoms with Gasteiger partial charge in [-0.25, -0.2) is 4.68 Å². The van der Waals surface area contributed by atoms with Crippen molar-refractivity contribution in [3.63, 3.8) is 0 Å². The molecule has 0 bridgehead atoms. The van der Waals surface area contributed by atoms with Crippen LogP contribution in [-0.4, -0.2) is 47.9 Å². The highest BCUT2D eigenvalue weighted by molar-refractivity contribution is 7.80. The first-order chi connectivity index (χ1) is 9.40. The summed E-state index contributed by atoms with van der Waals surface area (Å²) < 4.78 is 46.2. The minimum atomic E-state index is -4.35. The van der Waals surface area contributed by atoms with Crippen LogP contribution < -0.4 is 10.6 Å². The van der Waals surface area contributed by atoms with Gasteiger partial charge in [0.1, 0.15) is 13.3 Å². The van der Waals surface area contributed by atoms with E-state index in [0.29, 0.717) is 24.0 Å². The average molecular weight is 312 g/mol. The monoisotopic (exact) mass is 312 g/mol. The van der Waals surface area contributed by atoms with Crippen molar-refractivity contribution in [2.45, 2.75) is 12.9 Å². The number of methoxy groups -OCH3 is 1. The van der Waals surface area contributed by atoms with Crippen LogP contribution in [0.5, 0.6) is 0 Å². The third-order valence-electron chi connectivity index (χ3n) is 1.97. The van der Waals surface area contributed by atoms with Crippen LogP contribution >= 0.6 is 12.2 Å². The minimum absolute atomic E-state index is 0.287. The molecule has 1 heterocycles. The second-order valence-corrected chi connectivity index (χ2v) is 4.14. The molecule has 0 radical (unpaired) electrons. The van der Waals surface area contributed by atoms with Gasteiger partial charge in [-0.15, -0.1) is 0 Å². The van der Waals surface area contributed by atoms with Crippen molar-refractivity contribution in [2.75, 3.05) is 32.2 Å². The number of aromatic nitrogens is 2. The fraction of sp³-hybridized carbons (Fsp3) is 0.600. The summed E-state index contributed by atoms with van der Waals surface area (Å²) in [5.74, 6) is 0. The van der Waals surface area contributed by atoms with Gasteiger partial charge < -0.3 is 20.1 Å². The highest BCUT2D eigenvalue weighted by Crippen LogP contribution is 2.14.